The number of hydrogen-bond donors (Lipinski definition) is 1. The summed E-state index contributed by atoms with van der Waals surface area (Å²) in [5.41, 5.74) is 3.41. The standard InChI is InChI=1S/C18H21BrFN/c1-3-4-5-13-6-8-14(9-7-13)18(21-2)16-12-15(20)10-11-17(16)19/h6-12,18,21H,3-5H2,1-2H3. The topological polar surface area (TPSA) is 12.0 Å². The molecule has 0 saturated heterocycles. The summed E-state index contributed by atoms with van der Waals surface area (Å²) >= 11 is 3.51. The lowest BCUT2D eigenvalue weighted by molar-refractivity contribution is 0.615. The number of nitrogens with one attached hydrogen (secondary N) is 1. The van der Waals surface area contributed by atoms with E-state index in [1.165, 1.54) is 24.5 Å². The van der Waals surface area contributed by atoms with Crippen molar-refractivity contribution in [2.45, 2.75) is 32.2 Å². The highest BCUT2D eigenvalue weighted by molar-refractivity contribution is 9.10. The zero-order valence-corrected chi connectivity index (χ0v) is 14.1. The minimum Gasteiger partial charge on any atom is -0.309 e. The van der Waals surface area contributed by atoms with Gasteiger partial charge in [-0.3, -0.25) is 0 Å². The van der Waals surface area contributed by atoms with Crippen molar-refractivity contribution < 1.29 is 4.39 Å². The Labute approximate surface area is 134 Å². The third-order valence-electron chi connectivity index (χ3n) is 3.69. The van der Waals surface area contributed by atoms with Gasteiger partial charge in [-0.05, 0) is 54.8 Å². The first-order valence-corrected chi connectivity index (χ1v) is 8.16. The van der Waals surface area contributed by atoms with E-state index in [1.54, 1.807) is 12.1 Å². The van der Waals surface area contributed by atoms with Gasteiger partial charge in [-0.1, -0.05) is 53.5 Å². The van der Waals surface area contributed by atoms with Crippen LogP contribution in [0.15, 0.2) is 46.9 Å². The molecule has 0 bridgehead atoms. The number of benzene rings is 2. The molecule has 1 unspecified atom stereocenters. The molecule has 1 nitrogen and oxygen atoms in total. The van der Waals surface area contributed by atoms with E-state index in [1.807, 2.05) is 7.05 Å². The molecule has 1 atom stereocenters. The van der Waals surface area contributed by atoms with E-state index in [0.29, 0.717) is 0 Å². The summed E-state index contributed by atoms with van der Waals surface area (Å²) in [6.07, 6.45) is 3.53. The molecule has 0 amide bonds. The monoisotopic (exact) mass is 349 g/mol. The smallest absolute Gasteiger partial charge is 0.123 e. The fourth-order valence-corrected chi connectivity index (χ4v) is 2.97. The number of hydrogen-bond acceptors (Lipinski definition) is 1. The van der Waals surface area contributed by atoms with E-state index in [9.17, 15) is 4.39 Å². The Kier molecular flexibility index (Phi) is 5.95. The van der Waals surface area contributed by atoms with Crippen LogP contribution in [0.2, 0.25) is 0 Å². The molecule has 0 aliphatic rings. The van der Waals surface area contributed by atoms with Gasteiger partial charge in [0.1, 0.15) is 5.82 Å². The van der Waals surface area contributed by atoms with Crippen molar-refractivity contribution >= 4 is 15.9 Å². The van der Waals surface area contributed by atoms with Gasteiger partial charge >= 0.3 is 0 Å². The van der Waals surface area contributed by atoms with Crippen LogP contribution in [0.5, 0.6) is 0 Å². The average molecular weight is 350 g/mol. The average Bonchev–Trinajstić information content (AvgIpc) is 2.50. The van der Waals surface area contributed by atoms with Gasteiger partial charge in [0.2, 0.25) is 0 Å². The van der Waals surface area contributed by atoms with Crippen molar-refractivity contribution in [2.24, 2.45) is 0 Å². The maximum Gasteiger partial charge on any atom is 0.123 e. The molecule has 0 aromatic heterocycles. The Hall–Kier alpha value is -1.19. The Bertz CT molecular complexity index is 580. The van der Waals surface area contributed by atoms with E-state index >= 15 is 0 Å². The molecule has 0 fully saturated rings. The quantitative estimate of drug-likeness (QED) is 0.751. The maximum absolute atomic E-state index is 13.5. The van der Waals surface area contributed by atoms with E-state index in [0.717, 1.165) is 22.0 Å². The zero-order chi connectivity index (χ0) is 15.2. The van der Waals surface area contributed by atoms with Crippen molar-refractivity contribution in [1.82, 2.24) is 5.32 Å². The predicted octanol–water partition coefficient (Wildman–Crippen LogP) is 5.24. The van der Waals surface area contributed by atoms with Crippen LogP contribution in [0.25, 0.3) is 0 Å². The van der Waals surface area contributed by atoms with E-state index in [4.69, 9.17) is 0 Å². The van der Waals surface area contributed by atoms with Gasteiger partial charge in [0, 0.05) is 4.47 Å². The molecule has 3 heteroatoms. The van der Waals surface area contributed by atoms with Crippen LogP contribution in [-0.2, 0) is 6.42 Å². The number of rotatable bonds is 6. The number of halogens is 2. The second-order valence-electron chi connectivity index (χ2n) is 5.23. The third-order valence-corrected chi connectivity index (χ3v) is 4.41. The largest absolute Gasteiger partial charge is 0.309 e. The van der Waals surface area contributed by atoms with Gasteiger partial charge in [0.05, 0.1) is 6.04 Å². The van der Waals surface area contributed by atoms with Gasteiger partial charge < -0.3 is 5.32 Å². The van der Waals surface area contributed by atoms with Crippen LogP contribution >= 0.6 is 15.9 Å². The highest BCUT2D eigenvalue weighted by Crippen LogP contribution is 2.29. The van der Waals surface area contributed by atoms with Crippen LogP contribution in [-0.4, -0.2) is 7.05 Å². The lowest BCUT2D eigenvalue weighted by Gasteiger charge is -2.19. The van der Waals surface area contributed by atoms with Crippen molar-refractivity contribution in [3.63, 3.8) is 0 Å². The normalized spacial score (nSPS) is 12.4. The molecule has 112 valence electrons. The fraction of sp³-hybridized carbons (Fsp3) is 0.333. The van der Waals surface area contributed by atoms with Gasteiger partial charge in [0.15, 0.2) is 0 Å². The lowest BCUT2D eigenvalue weighted by Crippen LogP contribution is -2.18. The molecule has 2 aromatic carbocycles. The molecule has 0 saturated carbocycles. The molecule has 0 radical (unpaired) electrons. The van der Waals surface area contributed by atoms with E-state index in [2.05, 4.69) is 52.4 Å². The highest BCUT2D eigenvalue weighted by atomic mass is 79.9. The summed E-state index contributed by atoms with van der Waals surface area (Å²) in [5, 5.41) is 3.27. The summed E-state index contributed by atoms with van der Waals surface area (Å²) < 4.78 is 14.4. The van der Waals surface area contributed by atoms with Crippen LogP contribution < -0.4 is 5.32 Å². The third kappa shape index (κ3) is 4.14. The Morgan fingerprint density at radius 2 is 1.86 bits per heavy atom. The summed E-state index contributed by atoms with van der Waals surface area (Å²) in [7, 11) is 1.90. The van der Waals surface area contributed by atoms with Crippen molar-refractivity contribution in [1.29, 1.82) is 0 Å². The Morgan fingerprint density at radius 3 is 2.48 bits per heavy atom. The number of unbranched alkanes of at least 4 members (excludes halogenated alkanes) is 1. The minimum absolute atomic E-state index is 0.0182. The zero-order valence-electron chi connectivity index (χ0n) is 12.5. The molecular formula is C18H21BrFN. The maximum atomic E-state index is 13.5. The van der Waals surface area contributed by atoms with Crippen molar-refractivity contribution in [2.75, 3.05) is 7.05 Å². The SMILES string of the molecule is CCCCc1ccc(C(NC)c2cc(F)ccc2Br)cc1. The molecule has 0 spiro atoms. The first-order valence-electron chi connectivity index (χ1n) is 7.36. The minimum atomic E-state index is -0.215. The summed E-state index contributed by atoms with van der Waals surface area (Å²) in [5.74, 6) is -0.215. The summed E-state index contributed by atoms with van der Waals surface area (Å²) in [6.45, 7) is 2.20. The molecule has 0 aliphatic carbocycles. The van der Waals surface area contributed by atoms with Crippen LogP contribution in [0.3, 0.4) is 0 Å². The Balaban J connectivity index is 2.26. The molecular weight excluding hydrogens is 329 g/mol. The lowest BCUT2D eigenvalue weighted by atomic mass is 9.97. The molecule has 2 aromatic rings. The molecule has 2 rings (SSSR count). The van der Waals surface area contributed by atoms with E-state index < -0.39 is 0 Å². The van der Waals surface area contributed by atoms with Gasteiger partial charge in [0.25, 0.3) is 0 Å². The van der Waals surface area contributed by atoms with Crippen LogP contribution in [0.4, 0.5) is 4.39 Å². The van der Waals surface area contributed by atoms with Gasteiger partial charge in [-0.25, -0.2) is 4.39 Å². The van der Waals surface area contributed by atoms with Gasteiger partial charge in [-0.2, -0.15) is 0 Å². The van der Waals surface area contributed by atoms with Crippen LogP contribution in [0.1, 0.15) is 42.5 Å². The number of aryl methyl sites for hydroxylation is 1. The Morgan fingerprint density at radius 1 is 1.14 bits per heavy atom. The molecule has 1 N–H and O–H groups in total. The van der Waals surface area contributed by atoms with Gasteiger partial charge in [-0.15, -0.1) is 0 Å². The van der Waals surface area contributed by atoms with Crippen molar-refractivity contribution in [3.05, 3.63) is 69.4 Å². The van der Waals surface area contributed by atoms with E-state index in [-0.39, 0.29) is 11.9 Å². The molecule has 21 heavy (non-hydrogen) atoms. The summed E-state index contributed by atoms with van der Waals surface area (Å²) in [6, 6.07) is 13.4. The van der Waals surface area contributed by atoms with Crippen molar-refractivity contribution in [3.8, 4) is 0 Å². The first-order chi connectivity index (χ1) is 10.2. The second kappa shape index (κ2) is 7.71. The molecule has 0 aliphatic heterocycles. The first kappa shape index (κ1) is 16.2. The molecule has 0 heterocycles. The predicted molar refractivity (Wildman–Crippen MR) is 90.1 cm³/mol. The second-order valence-corrected chi connectivity index (χ2v) is 6.09. The highest BCUT2D eigenvalue weighted by Gasteiger charge is 2.15. The summed E-state index contributed by atoms with van der Waals surface area (Å²) in [4.78, 5) is 0. The fourth-order valence-electron chi connectivity index (χ4n) is 2.50. The van der Waals surface area contributed by atoms with Crippen LogP contribution in [0, 0.1) is 5.82 Å².